The molecule has 22 heavy (non-hydrogen) atoms. The normalized spacial score (nSPS) is 13.0. The van der Waals surface area contributed by atoms with Gasteiger partial charge in [-0.25, -0.2) is 8.78 Å². The number of ether oxygens (including phenoxy) is 1. The first kappa shape index (κ1) is 16.2. The summed E-state index contributed by atoms with van der Waals surface area (Å²) in [6, 6.07) is 8.17. The molecular weight excluding hydrogens is 310 g/mol. The second-order valence-corrected chi connectivity index (χ2v) is 4.61. The Balaban J connectivity index is 2.35. The second kappa shape index (κ2) is 5.90. The van der Waals surface area contributed by atoms with Crippen molar-refractivity contribution in [2.75, 3.05) is 0 Å². The van der Waals surface area contributed by atoms with E-state index in [4.69, 9.17) is 0 Å². The molecule has 0 saturated carbocycles. The highest BCUT2D eigenvalue weighted by Crippen LogP contribution is 2.32. The maximum atomic E-state index is 13.7. The van der Waals surface area contributed by atoms with Crippen molar-refractivity contribution in [1.82, 2.24) is 0 Å². The van der Waals surface area contributed by atoms with E-state index in [0.29, 0.717) is 5.56 Å². The Morgan fingerprint density at radius 3 is 1.86 bits per heavy atom. The lowest BCUT2D eigenvalue weighted by molar-refractivity contribution is -0.237. The molecule has 2 rings (SSSR count). The van der Waals surface area contributed by atoms with Gasteiger partial charge in [-0.15, -0.1) is 0 Å². The zero-order chi connectivity index (χ0) is 16.5. The molecule has 0 aromatic heterocycles. The molecule has 0 aliphatic heterocycles. The van der Waals surface area contributed by atoms with Gasteiger partial charge >= 0.3 is 12.5 Å². The van der Waals surface area contributed by atoms with Crippen molar-refractivity contribution < 1.29 is 31.1 Å². The minimum absolute atomic E-state index is 0.102. The first-order valence-corrected chi connectivity index (χ1v) is 6.12. The van der Waals surface area contributed by atoms with Crippen molar-refractivity contribution in [2.24, 2.45) is 0 Å². The van der Waals surface area contributed by atoms with E-state index in [1.54, 1.807) is 24.3 Å². The number of benzene rings is 2. The number of rotatable bonds is 3. The molecule has 0 saturated heterocycles. The lowest BCUT2D eigenvalue weighted by Gasteiger charge is -2.15. The quantitative estimate of drug-likeness (QED) is 0.708. The van der Waals surface area contributed by atoms with Crippen molar-refractivity contribution in [2.45, 2.75) is 19.5 Å². The smallest absolute Gasteiger partial charge is 0.446 e. The maximum absolute atomic E-state index is 13.7. The minimum Gasteiger partial charge on any atom is -0.446 e. The average Bonchev–Trinajstić information content (AvgIpc) is 2.42. The Bertz CT molecular complexity index is 640. The molecule has 0 aliphatic carbocycles. The maximum Gasteiger partial charge on any atom is 0.457 e. The van der Waals surface area contributed by atoms with Gasteiger partial charge < -0.3 is 4.74 Å². The van der Waals surface area contributed by atoms with E-state index in [1.807, 2.05) is 6.92 Å². The minimum atomic E-state index is -5.37. The van der Waals surface area contributed by atoms with Gasteiger partial charge in [0, 0.05) is 0 Å². The predicted octanol–water partition coefficient (Wildman–Crippen LogP) is 5.18. The highest BCUT2D eigenvalue weighted by Gasteiger charge is 2.43. The Morgan fingerprint density at radius 2 is 1.41 bits per heavy atom. The van der Waals surface area contributed by atoms with E-state index in [0.717, 1.165) is 17.7 Å². The van der Waals surface area contributed by atoms with Crippen LogP contribution in [0.15, 0.2) is 36.4 Å². The summed E-state index contributed by atoms with van der Waals surface area (Å²) in [7, 11) is 0. The molecule has 0 heterocycles. The fourth-order valence-electron chi connectivity index (χ4n) is 1.76. The fraction of sp³-hybridized carbons (Fsp3) is 0.200. The summed E-state index contributed by atoms with van der Waals surface area (Å²) in [5.41, 5.74) is 1.49. The molecule has 0 aliphatic rings. The third kappa shape index (κ3) is 3.52. The highest BCUT2D eigenvalue weighted by atomic mass is 19.4. The molecule has 0 bridgehead atoms. The highest BCUT2D eigenvalue weighted by molar-refractivity contribution is 5.65. The Hall–Kier alpha value is -2.18. The molecule has 0 amide bonds. The Kier molecular flexibility index (Phi) is 4.35. The van der Waals surface area contributed by atoms with Crippen LogP contribution in [0.1, 0.15) is 5.56 Å². The van der Waals surface area contributed by atoms with Crippen LogP contribution in [0.5, 0.6) is 5.75 Å². The largest absolute Gasteiger partial charge is 0.457 e. The molecule has 0 fully saturated rings. The van der Waals surface area contributed by atoms with Gasteiger partial charge in [0.1, 0.15) is 0 Å². The number of hydrogen-bond donors (Lipinski definition) is 0. The summed E-state index contributed by atoms with van der Waals surface area (Å²) in [6.45, 7) is 1.82. The molecule has 1 atom stereocenters. The average molecular weight is 320 g/mol. The van der Waals surface area contributed by atoms with Crippen molar-refractivity contribution in [3.8, 4) is 16.9 Å². The molecule has 0 N–H and O–H groups in total. The summed E-state index contributed by atoms with van der Waals surface area (Å²) in [4.78, 5) is 0. The van der Waals surface area contributed by atoms with Gasteiger partial charge in [0.2, 0.25) is 0 Å². The lowest BCUT2D eigenvalue weighted by Crippen LogP contribution is -2.30. The number of hydrogen-bond acceptors (Lipinski definition) is 1. The van der Waals surface area contributed by atoms with Gasteiger partial charge in [-0.1, -0.05) is 29.8 Å². The van der Waals surface area contributed by atoms with Gasteiger partial charge in [0.25, 0.3) is 0 Å². The lowest BCUT2D eigenvalue weighted by atomic mass is 10.0. The summed E-state index contributed by atoms with van der Waals surface area (Å²) in [6.07, 6.45) is -9.17. The van der Waals surface area contributed by atoms with Crippen molar-refractivity contribution in [1.29, 1.82) is 0 Å². The molecule has 7 heteroatoms. The third-order valence-corrected chi connectivity index (χ3v) is 2.86. The third-order valence-electron chi connectivity index (χ3n) is 2.86. The number of alkyl halides is 4. The number of halogens is 6. The van der Waals surface area contributed by atoms with E-state index in [2.05, 4.69) is 4.74 Å². The van der Waals surface area contributed by atoms with Crippen LogP contribution in [-0.4, -0.2) is 12.5 Å². The molecule has 1 unspecified atom stereocenters. The summed E-state index contributed by atoms with van der Waals surface area (Å²) >= 11 is 0. The first-order chi connectivity index (χ1) is 10.2. The molecule has 118 valence electrons. The SMILES string of the molecule is Cc1ccc(-c2cc(F)c(OC(F)C(F)(F)F)c(F)c2)cc1. The predicted molar refractivity (Wildman–Crippen MR) is 68.1 cm³/mol. The van der Waals surface area contributed by atoms with Crippen molar-refractivity contribution in [3.63, 3.8) is 0 Å². The van der Waals surface area contributed by atoms with E-state index in [1.165, 1.54) is 0 Å². The molecule has 2 aromatic rings. The molecule has 0 spiro atoms. The monoisotopic (exact) mass is 320 g/mol. The Labute approximate surface area is 122 Å². The number of aryl methyl sites for hydroxylation is 1. The second-order valence-electron chi connectivity index (χ2n) is 4.61. The van der Waals surface area contributed by atoms with Crippen LogP contribution in [-0.2, 0) is 0 Å². The van der Waals surface area contributed by atoms with Crippen LogP contribution in [0.25, 0.3) is 11.1 Å². The van der Waals surface area contributed by atoms with Crippen molar-refractivity contribution >= 4 is 0 Å². The molecule has 1 nitrogen and oxygen atoms in total. The van der Waals surface area contributed by atoms with Gasteiger partial charge in [0.15, 0.2) is 17.4 Å². The van der Waals surface area contributed by atoms with Gasteiger partial charge in [0.05, 0.1) is 0 Å². The topological polar surface area (TPSA) is 9.23 Å². The van der Waals surface area contributed by atoms with Crippen LogP contribution < -0.4 is 4.74 Å². The van der Waals surface area contributed by atoms with Crippen LogP contribution >= 0.6 is 0 Å². The van der Waals surface area contributed by atoms with E-state index in [9.17, 15) is 26.3 Å². The Morgan fingerprint density at radius 1 is 0.909 bits per heavy atom. The van der Waals surface area contributed by atoms with Crippen LogP contribution in [0.3, 0.4) is 0 Å². The standard InChI is InChI=1S/C15H10F6O/c1-8-2-4-9(5-3-8)10-6-11(16)13(12(17)7-10)22-14(18)15(19,20)21/h2-7,14H,1H3. The molecular formula is C15H10F6O. The van der Waals surface area contributed by atoms with E-state index in [-0.39, 0.29) is 5.56 Å². The van der Waals surface area contributed by atoms with Crippen LogP contribution in [0, 0.1) is 18.6 Å². The summed E-state index contributed by atoms with van der Waals surface area (Å²) < 4.78 is 80.0. The van der Waals surface area contributed by atoms with Gasteiger partial charge in [-0.05, 0) is 30.2 Å². The van der Waals surface area contributed by atoms with Crippen molar-refractivity contribution in [3.05, 3.63) is 53.6 Å². The van der Waals surface area contributed by atoms with Crippen LogP contribution in [0.2, 0.25) is 0 Å². The van der Waals surface area contributed by atoms with E-state index >= 15 is 0 Å². The molecule has 0 radical (unpaired) electrons. The van der Waals surface area contributed by atoms with Crippen LogP contribution in [0.4, 0.5) is 26.3 Å². The van der Waals surface area contributed by atoms with Gasteiger partial charge in [-0.3, -0.25) is 0 Å². The van der Waals surface area contributed by atoms with Gasteiger partial charge in [-0.2, -0.15) is 17.6 Å². The fourth-order valence-corrected chi connectivity index (χ4v) is 1.76. The summed E-state index contributed by atoms with van der Waals surface area (Å²) in [5.74, 6) is -4.23. The van der Waals surface area contributed by atoms with E-state index < -0.39 is 29.9 Å². The summed E-state index contributed by atoms with van der Waals surface area (Å²) in [5, 5.41) is 0. The zero-order valence-corrected chi connectivity index (χ0v) is 11.2. The molecule has 2 aromatic carbocycles. The zero-order valence-electron chi connectivity index (χ0n) is 11.2. The first-order valence-electron chi connectivity index (χ1n) is 6.12.